The minimum atomic E-state index is -0.487. The van der Waals surface area contributed by atoms with Gasteiger partial charge in [-0.15, -0.1) is 0 Å². The van der Waals surface area contributed by atoms with E-state index in [1.807, 2.05) is 33.8 Å². The quantitative estimate of drug-likeness (QED) is 0.396. The Kier molecular flexibility index (Phi) is 8.42. The Labute approximate surface area is 120 Å². The Bertz CT molecular complexity index is 449. The molecule has 18 heavy (non-hydrogen) atoms. The molecule has 0 saturated heterocycles. The van der Waals surface area contributed by atoms with Gasteiger partial charge in [0.1, 0.15) is 0 Å². The molecule has 5 heteroatoms. The fourth-order valence-corrected chi connectivity index (χ4v) is 1.86. The minimum absolute atomic E-state index is 0.148. The van der Waals surface area contributed by atoms with Crippen molar-refractivity contribution in [1.29, 1.82) is 5.26 Å². The van der Waals surface area contributed by atoms with Crippen LogP contribution < -0.4 is 10.9 Å². The molecule has 0 bridgehead atoms. The van der Waals surface area contributed by atoms with E-state index in [-0.39, 0.29) is 6.54 Å². The molecule has 2 N–H and O–H groups in total. The second-order valence-electron chi connectivity index (χ2n) is 3.75. The van der Waals surface area contributed by atoms with Crippen molar-refractivity contribution >= 4 is 4.02 Å². The van der Waals surface area contributed by atoms with Gasteiger partial charge in [-0.05, 0) is 0 Å². The van der Waals surface area contributed by atoms with E-state index < -0.39 is 6.04 Å². The van der Waals surface area contributed by atoms with Gasteiger partial charge in [0.15, 0.2) is 0 Å². The zero-order valence-corrected chi connectivity index (χ0v) is 14.0. The fraction of sp³-hybridized carbons (Fsp3) is 0.462. The second kappa shape index (κ2) is 8.95. The first-order valence-electron chi connectivity index (χ1n) is 5.45. The average Bonchev–Trinajstić information content (AvgIpc) is 2.40. The van der Waals surface area contributed by atoms with Gasteiger partial charge in [-0.1, -0.05) is 0 Å². The molecule has 0 aliphatic rings. The van der Waals surface area contributed by atoms with E-state index in [0.29, 0.717) is 0 Å². The van der Waals surface area contributed by atoms with Gasteiger partial charge in [0.05, 0.1) is 0 Å². The molecule has 0 radical (unpaired) electrons. The average molecular weight is 413 g/mol. The number of hydrogen-bond acceptors (Lipinski definition) is 3. The van der Waals surface area contributed by atoms with Crippen LogP contribution in [-0.4, -0.2) is 16.6 Å². The SMILES string of the molecule is [C-]#[N+]CC(C#N)NN[C](=[W])/C(C)=C(/C)C(C)=[C-]C. The van der Waals surface area contributed by atoms with Crippen molar-refractivity contribution in [3.63, 3.8) is 0 Å². The summed E-state index contributed by atoms with van der Waals surface area (Å²) in [5.74, 6) is 0. The van der Waals surface area contributed by atoms with Crippen LogP contribution in [0.4, 0.5) is 0 Å². The first-order chi connectivity index (χ1) is 8.47. The maximum absolute atomic E-state index is 8.82. The first-order valence-corrected chi connectivity index (χ1v) is 6.92. The summed E-state index contributed by atoms with van der Waals surface area (Å²) in [4.78, 5) is 3.20. The molecule has 0 rings (SSSR count). The molecular formula is C13H17N4W-. The molecule has 0 fully saturated rings. The van der Waals surface area contributed by atoms with Crippen molar-refractivity contribution in [3.05, 3.63) is 34.2 Å². The van der Waals surface area contributed by atoms with E-state index >= 15 is 0 Å². The van der Waals surface area contributed by atoms with Crippen LogP contribution >= 0.6 is 0 Å². The maximum atomic E-state index is 8.82. The summed E-state index contributed by atoms with van der Waals surface area (Å²) in [6, 6.07) is 1.55. The summed E-state index contributed by atoms with van der Waals surface area (Å²) in [6.07, 6.45) is 3.11. The third kappa shape index (κ3) is 5.52. The van der Waals surface area contributed by atoms with Crippen LogP contribution in [0, 0.1) is 24.0 Å². The summed E-state index contributed by atoms with van der Waals surface area (Å²) in [6.45, 7) is 14.9. The van der Waals surface area contributed by atoms with Crippen molar-refractivity contribution in [1.82, 2.24) is 10.9 Å². The van der Waals surface area contributed by atoms with Gasteiger partial charge in [0, 0.05) is 0 Å². The van der Waals surface area contributed by atoms with Crippen LogP contribution in [0.15, 0.2) is 16.7 Å². The van der Waals surface area contributed by atoms with E-state index in [4.69, 9.17) is 11.8 Å². The van der Waals surface area contributed by atoms with Gasteiger partial charge >= 0.3 is 120 Å². The number of nitrogens with zero attached hydrogens (tertiary/aromatic N) is 2. The molecule has 96 valence electrons. The summed E-state index contributed by atoms with van der Waals surface area (Å²) in [7, 11) is 0. The van der Waals surface area contributed by atoms with Crippen molar-refractivity contribution in [2.45, 2.75) is 33.7 Å². The molecule has 0 aliphatic carbocycles. The van der Waals surface area contributed by atoms with E-state index in [1.54, 1.807) is 0 Å². The summed E-state index contributed by atoms with van der Waals surface area (Å²) >= 11 is 1.28. The molecule has 0 heterocycles. The molecule has 0 spiro atoms. The molecule has 0 aromatic heterocycles. The van der Waals surface area contributed by atoms with Crippen LogP contribution in [0.1, 0.15) is 27.7 Å². The van der Waals surface area contributed by atoms with E-state index in [0.717, 1.165) is 15.2 Å². The molecule has 1 atom stereocenters. The normalized spacial score (nSPS) is 14.2. The third-order valence-electron chi connectivity index (χ3n) is 2.63. The molecule has 0 aromatic carbocycles. The number of hydrazine groups is 1. The van der Waals surface area contributed by atoms with Gasteiger partial charge in [0.2, 0.25) is 0 Å². The first kappa shape index (κ1) is 16.9. The Hall–Kier alpha value is -1.06. The van der Waals surface area contributed by atoms with Crippen LogP contribution in [0.25, 0.3) is 4.85 Å². The zero-order valence-electron chi connectivity index (χ0n) is 11.1. The van der Waals surface area contributed by atoms with E-state index in [2.05, 4.69) is 21.8 Å². The summed E-state index contributed by atoms with van der Waals surface area (Å²) < 4.78 is 1.02. The third-order valence-corrected chi connectivity index (χ3v) is 4.10. The molecule has 0 saturated carbocycles. The number of hydrogen-bond donors (Lipinski definition) is 2. The molecule has 0 amide bonds. The monoisotopic (exact) mass is 413 g/mol. The van der Waals surface area contributed by atoms with Crippen molar-refractivity contribution in [2.75, 3.05) is 6.54 Å². The Morgan fingerprint density at radius 1 is 1.44 bits per heavy atom. The van der Waals surface area contributed by atoms with Gasteiger partial charge in [-0.2, -0.15) is 0 Å². The van der Waals surface area contributed by atoms with Crippen LogP contribution in [0.3, 0.4) is 0 Å². The van der Waals surface area contributed by atoms with Crippen molar-refractivity contribution in [2.24, 2.45) is 0 Å². The van der Waals surface area contributed by atoms with Gasteiger partial charge in [-0.25, -0.2) is 0 Å². The van der Waals surface area contributed by atoms with Crippen LogP contribution in [0.5, 0.6) is 0 Å². The fourth-order valence-electron chi connectivity index (χ4n) is 1.10. The molecular weight excluding hydrogens is 396 g/mol. The number of nitrogens with one attached hydrogen (secondary N) is 2. The van der Waals surface area contributed by atoms with E-state index in [1.165, 1.54) is 24.9 Å². The zero-order chi connectivity index (χ0) is 14.1. The van der Waals surface area contributed by atoms with Gasteiger partial charge < -0.3 is 0 Å². The van der Waals surface area contributed by atoms with E-state index in [9.17, 15) is 0 Å². The Balaban J connectivity index is 4.62. The number of allylic oxidation sites excluding steroid dienone is 3. The summed E-state index contributed by atoms with van der Waals surface area (Å²) in [5, 5.41) is 8.82. The molecule has 1 unspecified atom stereocenters. The Morgan fingerprint density at radius 3 is 2.50 bits per heavy atom. The standard InChI is InChI=1S/C13H17N4.W/c1-6-10(2)12(4)11(3)8-16-17-13(7-14)9-15-5;/h13,16-17H,9H2,1-4H3;/q-1;/b12-11-;. The topological polar surface area (TPSA) is 52.2 Å². The second-order valence-corrected chi connectivity index (χ2v) is 5.21. The van der Waals surface area contributed by atoms with Crippen LogP contribution in [-0.2, 0) is 19.4 Å². The molecule has 4 nitrogen and oxygen atoms in total. The van der Waals surface area contributed by atoms with Crippen molar-refractivity contribution in [3.8, 4) is 6.07 Å². The molecule has 0 aromatic rings. The summed E-state index contributed by atoms with van der Waals surface area (Å²) in [5.41, 5.74) is 9.31. The van der Waals surface area contributed by atoms with Gasteiger partial charge in [-0.3, -0.25) is 0 Å². The predicted octanol–water partition coefficient (Wildman–Crippen LogP) is 1.67. The predicted molar refractivity (Wildman–Crippen MR) is 68.6 cm³/mol. The van der Waals surface area contributed by atoms with Gasteiger partial charge in [0.25, 0.3) is 0 Å². The van der Waals surface area contributed by atoms with Crippen molar-refractivity contribution < 1.29 is 19.4 Å². The van der Waals surface area contributed by atoms with Crippen LogP contribution in [0.2, 0.25) is 0 Å². The molecule has 0 aliphatic heterocycles. The Morgan fingerprint density at radius 2 is 2.06 bits per heavy atom. The number of rotatable bonds is 6. The number of nitriles is 1.